The van der Waals surface area contributed by atoms with Gasteiger partial charge in [0.1, 0.15) is 17.7 Å². The Morgan fingerprint density at radius 3 is 2.71 bits per heavy atom. The van der Waals surface area contributed by atoms with Gasteiger partial charge in [0, 0.05) is 31.9 Å². The van der Waals surface area contributed by atoms with Crippen molar-refractivity contribution >= 4 is 34.7 Å². The van der Waals surface area contributed by atoms with Gasteiger partial charge in [-0.1, -0.05) is 0 Å². The lowest BCUT2D eigenvalue weighted by Crippen LogP contribution is -2.28. The molecule has 0 saturated heterocycles. The van der Waals surface area contributed by atoms with Crippen LogP contribution in [0.2, 0.25) is 0 Å². The molecule has 13 heteroatoms. The maximum atomic E-state index is 13.2. The number of anilines is 3. The molecule has 0 aromatic carbocycles. The van der Waals surface area contributed by atoms with Crippen molar-refractivity contribution in [3.8, 4) is 5.82 Å². The highest BCUT2D eigenvalue weighted by Gasteiger charge is 2.39. The number of carbonyl (C=O) groups is 2. The van der Waals surface area contributed by atoms with Crippen LogP contribution < -0.4 is 21.5 Å². The lowest BCUT2D eigenvalue weighted by Gasteiger charge is -2.12. The fraction of sp³-hybridized carbons (Fsp3) is 0.182. The molecule has 1 amide bonds. The summed E-state index contributed by atoms with van der Waals surface area (Å²) in [4.78, 5) is 45.3. The quantitative estimate of drug-likeness (QED) is 0.310. The maximum absolute atomic E-state index is 13.2. The van der Waals surface area contributed by atoms with E-state index in [0.717, 1.165) is 0 Å². The van der Waals surface area contributed by atoms with Gasteiger partial charge in [-0.25, -0.2) is 23.7 Å². The van der Waals surface area contributed by atoms with Gasteiger partial charge in [0.05, 0.1) is 23.5 Å². The van der Waals surface area contributed by atoms with E-state index in [0.29, 0.717) is 11.3 Å². The van der Waals surface area contributed by atoms with E-state index in [2.05, 4.69) is 31.0 Å². The van der Waals surface area contributed by atoms with Crippen molar-refractivity contribution in [3.05, 3.63) is 70.5 Å². The number of carboxylic acid groups (broad SMARTS) is 1. The highest BCUT2D eigenvalue weighted by molar-refractivity contribution is 5.94. The van der Waals surface area contributed by atoms with Crippen LogP contribution in [0.25, 0.3) is 11.5 Å². The summed E-state index contributed by atoms with van der Waals surface area (Å²) in [7, 11) is 1.67. The number of rotatable bonds is 7. The maximum Gasteiger partial charge on any atom is 0.335 e. The van der Waals surface area contributed by atoms with Crippen LogP contribution in [0.4, 0.5) is 21.6 Å². The Kier molecular flexibility index (Phi) is 5.35. The molecular formula is C22H19FN8O4. The number of imidazole rings is 1. The van der Waals surface area contributed by atoms with Crippen LogP contribution in [0, 0.1) is 0 Å². The monoisotopic (exact) mass is 478 g/mol. The summed E-state index contributed by atoms with van der Waals surface area (Å²) in [5.41, 5.74) is 0.635. The number of amides is 1. The Hall–Kier alpha value is -4.81. The molecule has 4 N–H and O–H groups in total. The zero-order chi connectivity index (χ0) is 24.7. The number of halogens is 1. The third kappa shape index (κ3) is 4.14. The lowest BCUT2D eigenvalue weighted by molar-refractivity contribution is 0.0696. The van der Waals surface area contributed by atoms with E-state index in [1.165, 1.54) is 45.9 Å². The first-order valence-electron chi connectivity index (χ1n) is 10.6. The van der Waals surface area contributed by atoms with Crippen LogP contribution in [-0.4, -0.2) is 60.4 Å². The number of hydrogen-bond donors (Lipinski definition) is 4. The molecule has 0 bridgehead atoms. The van der Waals surface area contributed by atoms with Crippen LogP contribution in [0.3, 0.4) is 0 Å². The Labute approximate surface area is 196 Å². The van der Waals surface area contributed by atoms with Gasteiger partial charge in [-0.3, -0.25) is 14.2 Å². The number of carbonyl (C=O) groups excluding carboxylic acids is 1. The van der Waals surface area contributed by atoms with E-state index in [1.54, 1.807) is 19.2 Å². The summed E-state index contributed by atoms with van der Waals surface area (Å²) in [6.45, 7) is 0. The van der Waals surface area contributed by atoms with Gasteiger partial charge >= 0.3 is 5.97 Å². The summed E-state index contributed by atoms with van der Waals surface area (Å²) in [5, 5.41) is 22.1. The average molecular weight is 478 g/mol. The Morgan fingerprint density at radius 2 is 2.00 bits per heavy atom. The van der Waals surface area contributed by atoms with Gasteiger partial charge in [-0.2, -0.15) is 0 Å². The molecule has 4 aromatic rings. The first-order chi connectivity index (χ1) is 16.9. The number of nitrogens with zero attached hydrogens (tertiary/aromatic N) is 5. The normalized spacial score (nSPS) is 16.6. The fourth-order valence-corrected chi connectivity index (χ4v) is 3.51. The molecule has 1 fully saturated rings. The lowest BCUT2D eigenvalue weighted by atomic mass is 10.2. The molecule has 1 aliphatic carbocycles. The number of fused-ring (bicyclic) bond motifs is 1. The van der Waals surface area contributed by atoms with E-state index < -0.39 is 29.6 Å². The molecule has 0 spiro atoms. The van der Waals surface area contributed by atoms with Crippen LogP contribution in [0.5, 0.6) is 0 Å². The second-order valence-corrected chi connectivity index (χ2v) is 7.83. The number of carboxylic acids is 1. The molecule has 4 aromatic heterocycles. The smallest absolute Gasteiger partial charge is 0.335 e. The number of pyridine rings is 2. The van der Waals surface area contributed by atoms with Gasteiger partial charge in [0.15, 0.2) is 17.2 Å². The van der Waals surface area contributed by atoms with Crippen molar-refractivity contribution in [1.29, 1.82) is 0 Å². The number of nitrogens with one attached hydrogen (secondary N) is 3. The minimum absolute atomic E-state index is 0.0118. The number of aromatic carboxylic acids is 1. The third-order valence-corrected chi connectivity index (χ3v) is 5.45. The van der Waals surface area contributed by atoms with E-state index in [9.17, 15) is 23.9 Å². The SMILES string of the molecule is CNc1cc(Nc2cccn(-c3cc(C(=O)O)ccn3)c2=O)nn2c(C(=O)N[C@@H]3C[C@@H]3F)cnc12. The van der Waals surface area contributed by atoms with Gasteiger partial charge in [-0.05, 0) is 24.3 Å². The molecular weight excluding hydrogens is 459 g/mol. The zero-order valence-electron chi connectivity index (χ0n) is 18.3. The first-order valence-corrected chi connectivity index (χ1v) is 10.6. The Morgan fingerprint density at radius 1 is 1.20 bits per heavy atom. The molecule has 4 heterocycles. The molecule has 0 aliphatic heterocycles. The number of aromatic nitrogens is 5. The van der Waals surface area contributed by atoms with Crippen molar-refractivity contribution in [2.75, 3.05) is 17.7 Å². The summed E-state index contributed by atoms with van der Waals surface area (Å²) in [6, 6.07) is 6.83. The molecule has 12 nitrogen and oxygen atoms in total. The van der Waals surface area contributed by atoms with Gasteiger partial charge in [-0.15, -0.1) is 5.10 Å². The topological polar surface area (TPSA) is 156 Å². The first kappa shape index (κ1) is 22.0. The molecule has 0 unspecified atom stereocenters. The van der Waals surface area contributed by atoms with Crippen molar-refractivity contribution in [3.63, 3.8) is 0 Å². The molecule has 35 heavy (non-hydrogen) atoms. The van der Waals surface area contributed by atoms with Gasteiger partial charge in [0.25, 0.3) is 11.5 Å². The Balaban J connectivity index is 1.51. The van der Waals surface area contributed by atoms with Gasteiger partial charge in [0.2, 0.25) is 0 Å². The molecule has 1 aliphatic rings. The van der Waals surface area contributed by atoms with Crippen LogP contribution in [-0.2, 0) is 0 Å². The number of hydrogen-bond acceptors (Lipinski definition) is 8. The van der Waals surface area contributed by atoms with Crippen LogP contribution in [0.15, 0.2) is 53.7 Å². The predicted molar refractivity (Wildman–Crippen MR) is 123 cm³/mol. The molecule has 5 rings (SSSR count). The van der Waals surface area contributed by atoms with Crippen LogP contribution in [0.1, 0.15) is 27.3 Å². The summed E-state index contributed by atoms with van der Waals surface area (Å²) in [5.74, 6) is -1.29. The highest BCUT2D eigenvalue weighted by Crippen LogP contribution is 2.26. The third-order valence-electron chi connectivity index (χ3n) is 5.45. The van der Waals surface area contributed by atoms with Crippen molar-refractivity contribution < 1.29 is 19.1 Å². The Bertz CT molecular complexity index is 1530. The van der Waals surface area contributed by atoms with E-state index in [-0.39, 0.29) is 35.0 Å². The summed E-state index contributed by atoms with van der Waals surface area (Å²) in [6.07, 6.45) is 3.33. The molecule has 178 valence electrons. The zero-order valence-corrected chi connectivity index (χ0v) is 18.3. The van der Waals surface area contributed by atoms with Gasteiger partial charge < -0.3 is 21.1 Å². The van der Waals surface area contributed by atoms with E-state index in [4.69, 9.17) is 0 Å². The van der Waals surface area contributed by atoms with Crippen molar-refractivity contribution in [2.24, 2.45) is 0 Å². The second kappa shape index (κ2) is 8.52. The predicted octanol–water partition coefficient (Wildman–Crippen LogP) is 1.60. The van der Waals surface area contributed by atoms with E-state index >= 15 is 0 Å². The fourth-order valence-electron chi connectivity index (χ4n) is 3.51. The average Bonchev–Trinajstić information content (AvgIpc) is 3.36. The minimum Gasteiger partial charge on any atom is -0.478 e. The molecule has 1 saturated carbocycles. The number of alkyl halides is 1. The van der Waals surface area contributed by atoms with E-state index in [1.807, 2.05) is 0 Å². The minimum atomic E-state index is -1.14. The summed E-state index contributed by atoms with van der Waals surface area (Å²) >= 11 is 0. The summed E-state index contributed by atoms with van der Waals surface area (Å²) < 4.78 is 15.7. The molecule has 2 atom stereocenters. The standard InChI is InChI=1S/C22H19FN8O4/c1-24-15-9-17(29-31-16(10-26-19(15)31)20(32)28-14-8-12(14)23)27-13-3-2-6-30(21(13)33)18-7-11(22(34)35)4-5-25-18/h2-7,9-10,12,14,24H,8H2,1H3,(H,27,29)(H,28,32)(H,34,35)/t12-,14+/m0/s1. The largest absolute Gasteiger partial charge is 0.478 e. The van der Waals surface area contributed by atoms with Crippen molar-refractivity contribution in [1.82, 2.24) is 29.5 Å². The highest BCUT2D eigenvalue weighted by atomic mass is 19.1. The molecule has 0 radical (unpaired) electrons. The second-order valence-electron chi connectivity index (χ2n) is 7.83. The van der Waals surface area contributed by atoms with Crippen LogP contribution >= 0.6 is 0 Å². The van der Waals surface area contributed by atoms with Crippen molar-refractivity contribution in [2.45, 2.75) is 18.6 Å².